The summed E-state index contributed by atoms with van der Waals surface area (Å²) in [7, 11) is 1.59. The van der Waals surface area contributed by atoms with Crippen LogP contribution in [-0.4, -0.2) is 58.8 Å². The van der Waals surface area contributed by atoms with Gasteiger partial charge in [0.25, 0.3) is 5.91 Å². The van der Waals surface area contributed by atoms with Crippen LogP contribution in [0.3, 0.4) is 0 Å². The highest BCUT2D eigenvalue weighted by Gasteiger charge is 2.35. The Hall–Kier alpha value is -2.28. The maximum absolute atomic E-state index is 12.5. The van der Waals surface area contributed by atoms with Gasteiger partial charge in [0, 0.05) is 18.7 Å². The number of rotatable bonds is 3. The zero-order valence-corrected chi connectivity index (χ0v) is 13.0. The van der Waals surface area contributed by atoms with Gasteiger partial charge in [-0.1, -0.05) is 0 Å². The van der Waals surface area contributed by atoms with Crippen LogP contribution in [0, 0.1) is 5.92 Å². The molecule has 4 heterocycles. The van der Waals surface area contributed by atoms with Crippen LogP contribution in [-0.2, 0) is 0 Å². The van der Waals surface area contributed by atoms with E-state index in [9.17, 15) is 4.79 Å². The average Bonchev–Trinajstić information content (AvgIpc) is 2.61. The number of ether oxygens (including phenoxy) is 1. The molecule has 3 saturated heterocycles. The maximum atomic E-state index is 12.5. The quantitative estimate of drug-likeness (QED) is 0.905. The summed E-state index contributed by atoms with van der Waals surface area (Å²) in [6.45, 7) is 3.21. The molecule has 7 heteroatoms. The SMILES string of the molecule is COc1ccc2nnc(C(=O)NC3CN4CCC3CC4)nc2c1. The van der Waals surface area contributed by atoms with Crippen LogP contribution < -0.4 is 10.1 Å². The minimum absolute atomic E-state index is 0.113. The highest BCUT2D eigenvalue weighted by atomic mass is 16.5. The number of piperidine rings is 3. The summed E-state index contributed by atoms with van der Waals surface area (Å²) in [4.78, 5) is 19.2. The first-order valence-electron chi connectivity index (χ1n) is 7.94. The van der Waals surface area contributed by atoms with Crippen LogP contribution in [0.25, 0.3) is 11.0 Å². The van der Waals surface area contributed by atoms with E-state index in [1.54, 1.807) is 25.3 Å². The van der Waals surface area contributed by atoms with Crippen molar-refractivity contribution in [2.24, 2.45) is 5.92 Å². The lowest BCUT2D eigenvalue weighted by Crippen LogP contribution is -2.57. The smallest absolute Gasteiger partial charge is 0.291 e. The van der Waals surface area contributed by atoms with Gasteiger partial charge in [-0.2, -0.15) is 0 Å². The number of benzene rings is 1. The molecule has 23 heavy (non-hydrogen) atoms. The summed E-state index contributed by atoms with van der Waals surface area (Å²) in [5, 5.41) is 11.1. The molecule has 0 spiro atoms. The minimum Gasteiger partial charge on any atom is -0.497 e. The zero-order chi connectivity index (χ0) is 15.8. The van der Waals surface area contributed by atoms with Crippen molar-refractivity contribution in [3.63, 3.8) is 0 Å². The molecule has 5 rings (SSSR count). The van der Waals surface area contributed by atoms with Crippen molar-refractivity contribution >= 4 is 16.9 Å². The van der Waals surface area contributed by atoms with Crippen LogP contribution in [0.2, 0.25) is 0 Å². The molecule has 2 bridgehead atoms. The van der Waals surface area contributed by atoms with Gasteiger partial charge in [0.2, 0.25) is 5.82 Å². The predicted octanol–water partition coefficient (Wildman–Crippen LogP) is 0.857. The van der Waals surface area contributed by atoms with Crippen molar-refractivity contribution in [3.05, 3.63) is 24.0 Å². The summed E-state index contributed by atoms with van der Waals surface area (Å²) in [6.07, 6.45) is 2.30. The first kappa shape index (κ1) is 14.3. The number of carbonyl (C=O) groups is 1. The lowest BCUT2D eigenvalue weighted by Gasteiger charge is -2.44. The fourth-order valence-electron chi connectivity index (χ4n) is 3.50. The number of fused-ring (bicyclic) bond motifs is 4. The van der Waals surface area contributed by atoms with Gasteiger partial charge < -0.3 is 15.0 Å². The third-order valence-corrected chi connectivity index (χ3v) is 4.84. The van der Waals surface area contributed by atoms with E-state index in [1.807, 2.05) is 0 Å². The van der Waals surface area contributed by atoms with Crippen molar-refractivity contribution in [3.8, 4) is 5.75 Å². The van der Waals surface area contributed by atoms with Gasteiger partial charge in [-0.3, -0.25) is 4.79 Å². The lowest BCUT2D eigenvalue weighted by atomic mass is 9.84. The predicted molar refractivity (Wildman–Crippen MR) is 84.3 cm³/mol. The number of hydrogen-bond acceptors (Lipinski definition) is 6. The van der Waals surface area contributed by atoms with E-state index in [-0.39, 0.29) is 17.8 Å². The third-order valence-electron chi connectivity index (χ3n) is 4.84. The Morgan fingerprint density at radius 2 is 2.09 bits per heavy atom. The first-order chi connectivity index (χ1) is 11.2. The van der Waals surface area contributed by atoms with Gasteiger partial charge >= 0.3 is 0 Å². The second kappa shape index (κ2) is 5.73. The molecule has 1 unspecified atom stereocenters. The molecule has 0 radical (unpaired) electrons. The number of hydrogen-bond donors (Lipinski definition) is 1. The zero-order valence-electron chi connectivity index (χ0n) is 13.0. The molecule has 1 aromatic carbocycles. The Morgan fingerprint density at radius 1 is 1.26 bits per heavy atom. The van der Waals surface area contributed by atoms with Crippen molar-refractivity contribution in [1.82, 2.24) is 25.4 Å². The number of methoxy groups -OCH3 is 1. The van der Waals surface area contributed by atoms with Crippen molar-refractivity contribution in [2.45, 2.75) is 18.9 Å². The Balaban J connectivity index is 1.54. The number of nitrogens with one attached hydrogen (secondary N) is 1. The van der Waals surface area contributed by atoms with Crippen LogP contribution in [0.15, 0.2) is 18.2 Å². The van der Waals surface area contributed by atoms with E-state index in [2.05, 4.69) is 25.4 Å². The second-order valence-corrected chi connectivity index (χ2v) is 6.21. The monoisotopic (exact) mass is 313 g/mol. The second-order valence-electron chi connectivity index (χ2n) is 6.21. The summed E-state index contributed by atoms with van der Waals surface area (Å²) >= 11 is 0. The molecule has 1 aromatic heterocycles. The number of carbonyl (C=O) groups excluding carboxylic acids is 1. The van der Waals surface area contributed by atoms with Crippen molar-refractivity contribution in [1.29, 1.82) is 0 Å². The van der Waals surface area contributed by atoms with Gasteiger partial charge in [0.15, 0.2) is 0 Å². The summed E-state index contributed by atoms with van der Waals surface area (Å²) in [5.41, 5.74) is 1.25. The van der Waals surface area contributed by atoms with Gasteiger partial charge in [0.05, 0.1) is 12.6 Å². The molecule has 3 fully saturated rings. The standard InChI is InChI=1S/C16H19N5O2/c1-23-11-2-3-12-13(8-11)17-15(20-19-12)16(22)18-14-9-21-6-4-10(14)5-7-21/h2-3,8,10,14H,4-7,9H2,1H3,(H,18,22). The number of aromatic nitrogens is 3. The minimum atomic E-state index is -0.249. The fourth-order valence-corrected chi connectivity index (χ4v) is 3.50. The molecule has 1 amide bonds. The topological polar surface area (TPSA) is 80.2 Å². The Kier molecular flexibility index (Phi) is 3.57. The van der Waals surface area contributed by atoms with E-state index >= 15 is 0 Å². The molecular weight excluding hydrogens is 294 g/mol. The van der Waals surface area contributed by atoms with Gasteiger partial charge in [0.1, 0.15) is 11.3 Å². The van der Waals surface area contributed by atoms with Gasteiger partial charge in [-0.25, -0.2) is 4.98 Å². The van der Waals surface area contributed by atoms with E-state index in [4.69, 9.17) is 4.74 Å². The van der Waals surface area contributed by atoms with Crippen LogP contribution in [0.4, 0.5) is 0 Å². The molecular formula is C16H19N5O2. The van der Waals surface area contributed by atoms with E-state index in [0.717, 1.165) is 32.5 Å². The molecule has 1 atom stereocenters. The van der Waals surface area contributed by atoms with Crippen molar-refractivity contribution < 1.29 is 9.53 Å². The molecule has 0 aliphatic carbocycles. The number of amides is 1. The first-order valence-corrected chi connectivity index (χ1v) is 7.94. The Labute approximate surface area is 134 Å². The lowest BCUT2D eigenvalue weighted by molar-refractivity contribution is 0.0614. The highest BCUT2D eigenvalue weighted by molar-refractivity contribution is 5.92. The fraction of sp³-hybridized carbons (Fsp3) is 0.500. The highest BCUT2D eigenvalue weighted by Crippen LogP contribution is 2.27. The molecule has 2 aromatic rings. The molecule has 3 aliphatic heterocycles. The van der Waals surface area contributed by atoms with Crippen LogP contribution in [0.5, 0.6) is 5.75 Å². The third kappa shape index (κ3) is 2.72. The summed E-state index contributed by atoms with van der Waals surface area (Å²) in [5.74, 6) is 1.11. The number of nitrogens with zero attached hydrogens (tertiary/aromatic N) is 4. The Morgan fingerprint density at radius 3 is 2.78 bits per heavy atom. The Bertz CT molecular complexity index is 742. The molecule has 0 saturated carbocycles. The molecule has 120 valence electrons. The van der Waals surface area contributed by atoms with Crippen molar-refractivity contribution in [2.75, 3.05) is 26.7 Å². The van der Waals surface area contributed by atoms with Gasteiger partial charge in [-0.05, 0) is 44.0 Å². The van der Waals surface area contributed by atoms with Crippen LogP contribution >= 0.6 is 0 Å². The molecule has 3 aliphatic rings. The summed E-state index contributed by atoms with van der Waals surface area (Å²) < 4.78 is 5.18. The normalized spacial score (nSPS) is 26.2. The molecule has 7 nitrogen and oxygen atoms in total. The largest absolute Gasteiger partial charge is 0.497 e. The molecule has 1 N–H and O–H groups in total. The van der Waals surface area contributed by atoms with E-state index < -0.39 is 0 Å². The van der Waals surface area contributed by atoms with Gasteiger partial charge in [-0.15, -0.1) is 10.2 Å². The van der Waals surface area contributed by atoms with Crippen LogP contribution in [0.1, 0.15) is 23.5 Å². The van der Waals surface area contributed by atoms with E-state index in [1.165, 1.54) is 0 Å². The van der Waals surface area contributed by atoms with E-state index in [0.29, 0.717) is 22.7 Å². The summed E-state index contributed by atoms with van der Waals surface area (Å²) in [6, 6.07) is 5.53. The average molecular weight is 313 g/mol. The maximum Gasteiger partial charge on any atom is 0.291 e.